The first kappa shape index (κ1) is 12.1. The molecule has 0 nitrogen and oxygen atoms in total. The molecule has 15 heavy (non-hydrogen) atoms. The SMILES string of the molecule is [Zr+4].c1cc[cH-]c1.c1ccc2[cH-]ccc2c1. The first-order valence-corrected chi connectivity index (χ1v) is 4.74. The Morgan fingerprint density at radius 3 is 2.07 bits per heavy atom. The number of fused-ring (bicyclic) bond motifs is 1. The molecule has 3 aromatic rings. The molecule has 3 aromatic carbocycles. The maximum atomic E-state index is 2.12. The standard InChI is InChI=1S/C9H7.C5H5.Zr/c1-2-5-9-7-3-6-8(9)4-1;1-2-4-5-3-1;/h1-7H;1-5H;/q2*-1;+4. The van der Waals surface area contributed by atoms with Crippen molar-refractivity contribution in [2.45, 2.75) is 0 Å². The molecule has 0 aliphatic rings. The fourth-order valence-electron chi connectivity index (χ4n) is 1.39. The van der Waals surface area contributed by atoms with Gasteiger partial charge in [-0.25, -0.2) is 12.1 Å². The van der Waals surface area contributed by atoms with Crippen LogP contribution in [0.25, 0.3) is 10.8 Å². The van der Waals surface area contributed by atoms with Crippen molar-refractivity contribution in [3.05, 3.63) is 72.8 Å². The Morgan fingerprint density at radius 2 is 1.47 bits per heavy atom. The fourth-order valence-corrected chi connectivity index (χ4v) is 1.39. The van der Waals surface area contributed by atoms with Gasteiger partial charge in [-0.05, 0) is 0 Å². The average molecular weight is 271 g/mol. The zero-order valence-corrected chi connectivity index (χ0v) is 10.9. The molecule has 0 bridgehead atoms. The molecule has 3 rings (SSSR count). The van der Waals surface area contributed by atoms with E-state index in [1.807, 2.05) is 30.3 Å². The van der Waals surface area contributed by atoms with Crippen molar-refractivity contribution in [3.8, 4) is 0 Å². The third-order valence-corrected chi connectivity index (χ3v) is 2.10. The van der Waals surface area contributed by atoms with Gasteiger partial charge in [0.15, 0.2) is 0 Å². The molecular weight excluding hydrogens is 259 g/mol. The minimum Gasteiger partial charge on any atom is -0.214 e. The summed E-state index contributed by atoms with van der Waals surface area (Å²) >= 11 is 0. The van der Waals surface area contributed by atoms with Crippen LogP contribution in [0.4, 0.5) is 0 Å². The molecule has 0 radical (unpaired) electrons. The fraction of sp³-hybridized carbons (Fsp3) is 0. The molecule has 0 spiro atoms. The van der Waals surface area contributed by atoms with Crippen LogP contribution in [0.1, 0.15) is 0 Å². The zero-order valence-electron chi connectivity index (χ0n) is 8.43. The second kappa shape index (κ2) is 6.53. The smallest absolute Gasteiger partial charge is 0.214 e. The molecule has 0 unspecified atom stereocenters. The summed E-state index contributed by atoms with van der Waals surface area (Å²) in [7, 11) is 0. The van der Waals surface area contributed by atoms with Gasteiger partial charge in [0.25, 0.3) is 0 Å². The molecule has 0 saturated carbocycles. The molecule has 0 saturated heterocycles. The van der Waals surface area contributed by atoms with Gasteiger partial charge in [-0.15, -0.1) is 29.7 Å². The molecular formula is C14H12Zr+2. The van der Waals surface area contributed by atoms with Gasteiger partial charge in [-0.1, -0.05) is 6.07 Å². The second-order valence-corrected chi connectivity index (χ2v) is 3.12. The van der Waals surface area contributed by atoms with Gasteiger partial charge in [-0.3, -0.25) is 0 Å². The molecule has 0 aliphatic heterocycles. The molecule has 1 heteroatoms. The van der Waals surface area contributed by atoms with Crippen molar-refractivity contribution in [1.29, 1.82) is 0 Å². The third-order valence-electron chi connectivity index (χ3n) is 2.10. The maximum Gasteiger partial charge on any atom is 4.00 e. The van der Waals surface area contributed by atoms with Crippen LogP contribution in [-0.4, -0.2) is 0 Å². The van der Waals surface area contributed by atoms with Gasteiger partial charge < -0.3 is 0 Å². The molecule has 0 atom stereocenters. The van der Waals surface area contributed by atoms with Crippen molar-refractivity contribution in [1.82, 2.24) is 0 Å². The van der Waals surface area contributed by atoms with Crippen molar-refractivity contribution < 1.29 is 26.2 Å². The van der Waals surface area contributed by atoms with Gasteiger partial charge in [0.2, 0.25) is 0 Å². The average Bonchev–Trinajstić information content (AvgIpc) is 2.92. The summed E-state index contributed by atoms with van der Waals surface area (Å²) in [4.78, 5) is 0. The first-order valence-electron chi connectivity index (χ1n) is 4.74. The molecule has 0 aromatic heterocycles. The molecule has 0 heterocycles. The van der Waals surface area contributed by atoms with Crippen LogP contribution in [0.5, 0.6) is 0 Å². The minimum absolute atomic E-state index is 0. The van der Waals surface area contributed by atoms with E-state index in [9.17, 15) is 0 Å². The molecule has 0 aliphatic carbocycles. The quantitative estimate of drug-likeness (QED) is 0.543. The van der Waals surface area contributed by atoms with E-state index < -0.39 is 0 Å². The predicted molar refractivity (Wildman–Crippen MR) is 61.6 cm³/mol. The van der Waals surface area contributed by atoms with E-state index in [0.29, 0.717) is 0 Å². The third kappa shape index (κ3) is 3.60. The van der Waals surface area contributed by atoms with E-state index in [0.717, 1.165) is 0 Å². The van der Waals surface area contributed by atoms with E-state index in [1.165, 1.54) is 10.8 Å². The minimum atomic E-state index is 0. The first-order chi connectivity index (χ1) is 6.97. The number of hydrogen-bond acceptors (Lipinski definition) is 0. The predicted octanol–water partition coefficient (Wildman–Crippen LogP) is 3.96. The maximum absolute atomic E-state index is 2.12. The summed E-state index contributed by atoms with van der Waals surface area (Å²) < 4.78 is 0. The van der Waals surface area contributed by atoms with E-state index in [1.54, 1.807) is 0 Å². The van der Waals surface area contributed by atoms with Crippen molar-refractivity contribution in [2.24, 2.45) is 0 Å². The van der Waals surface area contributed by atoms with Crippen molar-refractivity contribution in [2.75, 3.05) is 0 Å². The van der Waals surface area contributed by atoms with Crippen LogP contribution in [-0.2, 0) is 26.2 Å². The van der Waals surface area contributed by atoms with E-state index in [2.05, 4.69) is 42.5 Å². The monoisotopic (exact) mass is 270 g/mol. The Labute approximate surface area is 109 Å². The summed E-state index contributed by atoms with van der Waals surface area (Å²) in [5, 5.41) is 2.66. The normalized spacial score (nSPS) is 8.80. The van der Waals surface area contributed by atoms with Crippen LogP contribution in [0.15, 0.2) is 72.8 Å². The molecule has 70 valence electrons. The largest absolute Gasteiger partial charge is 4.00 e. The summed E-state index contributed by atoms with van der Waals surface area (Å²) in [5.41, 5.74) is 0. The topological polar surface area (TPSA) is 0 Å². The van der Waals surface area contributed by atoms with E-state index in [4.69, 9.17) is 0 Å². The second-order valence-electron chi connectivity index (χ2n) is 3.12. The summed E-state index contributed by atoms with van der Waals surface area (Å²) in [6.07, 6.45) is 0. The van der Waals surface area contributed by atoms with Crippen LogP contribution in [0.2, 0.25) is 0 Å². The van der Waals surface area contributed by atoms with Gasteiger partial charge in [0.05, 0.1) is 0 Å². The van der Waals surface area contributed by atoms with Gasteiger partial charge in [0.1, 0.15) is 0 Å². The van der Waals surface area contributed by atoms with E-state index in [-0.39, 0.29) is 26.2 Å². The number of rotatable bonds is 0. The van der Waals surface area contributed by atoms with Gasteiger partial charge in [-0.2, -0.15) is 35.7 Å². The Bertz CT molecular complexity index is 415. The van der Waals surface area contributed by atoms with Crippen molar-refractivity contribution in [3.63, 3.8) is 0 Å². The molecule has 0 fully saturated rings. The van der Waals surface area contributed by atoms with Crippen LogP contribution >= 0.6 is 0 Å². The summed E-state index contributed by atoms with van der Waals surface area (Å²) in [6.45, 7) is 0. The summed E-state index contributed by atoms with van der Waals surface area (Å²) in [5.74, 6) is 0. The Balaban J connectivity index is 0.000000162. The molecule has 0 amide bonds. The van der Waals surface area contributed by atoms with E-state index >= 15 is 0 Å². The molecule has 0 N–H and O–H groups in total. The van der Waals surface area contributed by atoms with Gasteiger partial charge >= 0.3 is 26.2 Å². The van der Waals surface area contributed by atoms with Crippen LogP contribution < -0.4 is 0 Å². The number of benzene rings is 1. The Morgan fingerprint density at radius 1 is 0.733 bits per heavy atom. The zero-order chi connectivity index (χ0) is 9.64. The van der Waals surface area contributed by atoms with Crippen molar-refractivity contribution >= 4 is 10.8 Å². The Kier molecular flexibility index (Phi) is 5.28. The summed E-state index contributed by atoms with van der Waals surface area (Å²) in [6, 6.07) is 24.7. The van der Waals surface area contributed by atoms with Crippen LogP contribution in [0.3, 0.4) is 0 Å². The van der Waals surface area contributed by atoms with Crippen LogP contribution in [0, 0.1) is 0 Å². The van der Waals surface area contributed by atoms with Gasteiger partial charge in [0, 0.05) is 0 Å². The number of hydrogen-bond donors (Lipinski definition) is 0. The Hall–Kier alpha value is -0.937.